The molecule has 2 rings (SSSR count). The first-order chi connectivity index (χ1) is 7.73. The normalized spacial score (nSPS) is 23.6. The van der Waals surface area contributed by atoms with E-state index < -0.39 is 0 Å². The van der Waals surface area contributed by atoms with Crippen molar-refractivity contribution in [2.24, 2.45) is 5.41 Å². The number of hydrogen-bond donors (Lipinski definition) is 1. The van der Waals surface area contributed by atoms with Crippen LogP contribution in [0.5, 0.6) is 0 Å². The Morgan fingerprint density at radius 2 is 2.00 bits per heavy atom. The number of hydrogen-bond acceptors (Lipinski definition) is 1. The van der Waals surface area contributed by atoms with Gasteiger partial charge in [-0.2, -0.15) is 0 Å². The molecule has 16 heavy (non-hydrogen) atoms. The molecule has 0 amide bonds. The van der Waals surface area contributed by atoms with Crippen molar-refractivity contribution in [1.82, 2.24) is 5.32 Å². The molecule has 1 aliphatic heterocycles. The molecule has 0 aromatic heterocycles. The van der Waals surface area contributed by atoms with E-state index in [4.69, 9.17) is 0 Å². The zero-order chi connectivity index (χ0) is 11.6. The van der Waals surface area contributed by atoms with Gasteiger partial charge in [-0.1, -0.05) is 48.0 Å². The molecule has 88 valence electrons. The molecular formula is C14H20BrN. The van der Waals surface area contributed by atoms with Gasteiger partial charge >= 0.3 is 0 Å². The number of rotatable bonds is 3. The number of halogens is 1. The number of nitrogens with one attached hydrogen (secondary N) is 1. The maximum absolute atomic E-state index is 3.69. The minimum Gasteiger partial charge on any atom is -0.316 e. The summed E-state index contributed by atoms with van der Waals surface area (Å²) in [7, 11) is 0. The third-order valence-electron chi connectivity index (χ3n) is 4.25. The predicted molar refractivity (Wildman–Crippen MR) is 72.8 cm³/mol. The van der Waals surface area contributed by atoms with Crippen LogP contribution in [0.2, 0.25) is 0 Å². The highest BCUT2D eigenvalue weighted by atomic mass is 79.9. The summed E-state index contributed by atoms with van der Waals surface area (Å²) in [5.74, 6) is 0.651. The second-order valence-corrected chi connectivity index (χ2v) is 5.63. The monoisotopic (exact) mass is 281 g/mol. The summed E-state index contributed by atoms with van der Waals surface area (Å²) in [6.07, 6.45) is 2.50. The first kappa shape index (κ1) is 12.1. The van der Waals surface area contributed by atoms with E-state index >= 15 is 0 Å². The second-order valence-electron chi connectivity index (χ2n) is 4.77. The average molecular weight is 282 g/mol. The molecule has 1 aromatic carbocycles. The summed E-state index contributed by atoms with van der Waals surface area (Å²) >= 11 is 3.69. The fraction of sp³-hybridized carbons (Fsp3) is 0.571. The molecule has 0 unspecified atom stereocenters. The lowest BCUT2D eigenvalue weighted by molar-refractivity contribution is 0.260. The molecule has 1 N–H and O–H groups in total. The van der Waals surface area contributed by atoms with Crippen LogP contribution in [0.3, 0.4) is 0 Å². The summed E-state index contributed by atoms with van der Waals surface area (Å²) in [5.41, 5.74) is 1.92. The lowest BCUT2D eigenvalue weighted by Crippen LogP contribution is -2.27. The molecular weight excluding hydrogens is 262 g/mol. The first-order valence-electron chi connectivity index (χ1n) is 6.18. The largest absolute Gasteiger partial charge is 0.316 e. The number of benzene rings is 1. The van der Waals surface area contributed by atoms with Gasteiger partial charge in [0.1, 0.15) is 0 Å². The van der Waals surface area contributed by atoms with Gasteiger partial charge in [0.25, 0.3) is 0 Å². The quantitative estimate of drug-likeness (QED) is 0.885. The van der Waals surface area contributed by atoms with Gasteiger partial charge in [0, 0.05) is 23.5 Å². The fourth-order valence-corrected chi connectivity index (χ4v) is 3.56. The van der Waals surface area contributed by atoms with Gasteiger partial charge in [0.2, 0.25) is 0 Å². The van der Waals surface area contributed by atoms with E-state index in [0.29, 0.717) is 11.3 Å². The van der Waals surface area contributed by atoms with Crippen LogP contribution in [0.15, 0.2) is 28.7 Å². The standard InChI is InChI=1S/C14H20BrN/c1-3-14(4-2)10-16-9-12(14)11-7-5-6-8-13(11)15/h5-8,12,16H,3-4,9-10H2,1-2H3/t12-/m1/s1. The molecule has 0 spiro atoms. The molecule has 2 heteroatoms. The first-order valence-corrected chi connectivity index (χ1v) is 6.98. The van der Waals surface area contributed by atoms with Crippen LogP contribution in [0.4, 0.5) is 0 Å². The van der Waals surface area contributed by atoms with Crippen LogP contribution >= 0.6 is 15.9 Å². The maximum atomic E-state index is 3.69. The summed E-state index contributed by atoms with van der Waals surface area (Å²) < 4.78 is 1.26. The summed E-state index contributed by atoms with van der Waals surface area (Å²) in [6.45, 7) is 6.91. The summed E-state index contributed by atoms with van der Waals surface area (Å²) in [6, 6.07) is 8.66. The molecule has 1 aliphatic rings. The van der Waals surface area contributed by atoms with E-state index in [2.05, 4.69) is 59.4 Å². The Morgan fingerprint density at radius 3 is 2.62 bits per heavy atom. The van der Waals surface area contributed by atoms with Crippen LogP contribution in [0, 0.1) is 5.41 Å². The van der Waals surface area contributed by atoms with Crippen molar-refractivity contribution < 1.29 is 0 Å². The van der Waals surface area contributed by atoms with Crippen LogP contribution in [0.25, 0.3) is 0 Å². The van der Waals surface area contributed by atoms with Crippen molar-refractivity contribution in [1.29, 1.82) is 0 Å². The van der Waals surface area contributed by atoms with Crippen LogP contribution in [0.1, 0.15) is 38.2 Å². The molecule has 0 aliphatic carbocycles. The molecule has 1 aromatic rings. The Bertz CT molecular complexity index is 358. The SMILES string of the molecule is CCC1(CC)CNC[C@@H]1c1ccccc1Br. The Kier molecular flexibility index (Phi) is 3.70. The van der Waals surface area contributed by atoms with Gasteiger partial charge in [0.05, 0.1) is 0 Å². The topological polar surface area (TPSA) is 12.0 Å². The smallest absolute Gasteiger partial charge is 0.0210 e. The molecule has 0 bridgehead atoms. The molecule has 1 heterocycles. The highest BCUT2D eigenvalue weighted by molar-refractivity contribution is 9.10. The van der Waals surface area contributed by atoms with E-state index in [0.717, 1.165) is 13.1 Å². The maximum Gasteiger partial charge on any atom is 0.0210 e. The average Bonchev–Trinajstić information content (AvgIpc) is 2.74. The van der Waals surface area contributed by atoms with Gasteiger partial charge in [-0.25, -0.2) is 0 Å². The Labute approximate surface area is 107 Å². The predicted octanol–water partition coefficient (Wildman–Crippen LogP) is 3.94. The zero-order valence-electron chi connectivity index (χ0n) is 10.1. The van der Waals surface area contributed by atoms with Crippen molar-refractivity contribution >= 4 is 15.9 Å². The lowest BCUT2D eigenvalue weighted by Gasteiger charge is -2.33. The zero-order valence-corrected chi connectivity index (χ0v) is 11.7. The second kappa shape index (κ2) is 4.89. The molecule has 0 saturated carbocycles. The minimum atomic E-state index is 0.448. The van der Waals surface area contributed by atoms with Crippen LogP contribution in [-0.4, -0.2) is 13.1 Å². The van der Waals surface area contributed by atoms with Crippen molar-refractivity contribution in [2.45, 2.75) is 32.6 Å². The fourth-order valence-electron chi connectivity index (χ4n) is 3.00. The van der Waals surface area contributed by atoms with E-state index in [1.54, 1.807) is 0 Å². The van der Waals surface area contributed by atoms with Crippen molar-refractivity contribution in [3.63, 3.8) is 0 Å². The van der Waals surface area contributed by atoms with E-state index in [9.17, 15) is 0 Å². The summed E-state index contributed by atoms with van der Waals surface area (Å²) in [4.78, 5) is 0. The van der Waals surface area contributed by atoms with Gasteiger partial charge in [-0.05, 0) is 29.9 Å². The van der Waals surface area contributed by atoms with Gasteiger partial charge in [0.15, 0.2) is 0 Å². The van der Waals surface area contributed by atoms with Gasteiger partial charge < -0.3 is 5.32 Å². The Hall–Kier alpha value is -0.340. The minimum absolute atomic E-state index is 0.448. The molecule has 0 radical (unpaired) electrons. The lowest BCUT2D eigenvalue weighted by atomic mass is 9.71. The van der Waals surface area contributed by atoms with Crippen LogP contribution < -0.4 is 5.32 Å². The van der Waals surface area contributed by atoms with Gasteiger partial charge in [-0.15, -0.1) is 0 Å². The van der Waals surface area contributed by atoms with Crippen molar-refractivity contribution in [3.8, 4) is 0 Å². The molecule has 1 saturated heterocycles. The Morgan fingerprint density at radius 1 is 1.31 bits per heavy atom. The highest BCUT2D eigenvalue weighted by Gasteiger charge is 2.41. The van der Waals surface area contributed by atoms with Gasteiger partial charge in [-0.3, -0.25) is 0 Å². The van der Waals surface area contributed by atoms with Crippen molar-refractivity contribution in [3.05, 3.63) is 34.3 Å². The molecule has 1 nitrogen and oxygen atoms in total. The highest BCUT2D eigenvalue weighted by Crippen LogP contribution is 2.46. The molecule has 1 atom stereocenters. The van der Waals surface area contributed by atoms with Crippen molar-refractivity contribution in [2.75, 3.05) is 13.1 Å². The third-order valence-corrected chi connectivity index (χ3v) is 4.98. The van der Waals surface area contributed by atoms with E-state index in [-0.39, 0.29) is 0 Å². The van der Waals surface area contributed by atoms with E-state index in [1.165, 1.54) is 22.9 Å². The Balaban J connectivity index is 2.37. The van der Waals surface area contributed by atoms with E-state index in [1.807, 2.05) is 0 Å². The third kappa shape index (κ3) is 1.93. The molecule has 1 fully saturated rings. The van der Waals surface area contributed by atoms with Crippen LogP contribution in [-0.2, 0) is 0 Å². The summed E-state index contributed by atoms with van der Waals surface area (Å²) in [5, 5.41) is 3.57.